The van der Waals surface area contributed by atoms with Gasteiger partial charge in [0.25, 0.3) is 5.91 Å². The van der Waals surface area contributed by atoms with Gasteiger partial charge in [-0.2, -0.15) is 0 Å². The number of hydrogen-bond acceptors (Lipinski definition) is 1. The van der Waals surface area contributed by atoms with Crippen molar-refractivity contribution < 1.29 is 9.18 Å². The number of carbonyl (C=O) groups is 1. The van der Waals surface area contributed by atoms with Crippen LogP contribution in [-0.2, 0) is 0 Å². The summed E-state index contributed by atoms with van der Waals surface area (Å²) < 4.78 is 14.0. The number of rotatable bonds is 2. The van der Waals surface area contributed by atoms with Crippen LogP contribution in [0, 0.1) is 5.82 Å². The number of nitrogens with zero attached hydrogens (tertiary/aromatic N) is 1. The van der Waals surface area contributed by atoms with Crippen LogP contribution in [0.3, 0.4) is 0 Å². The van der Waals surface area contributed by atoms with E-state index in [9.17, 15) is 9.18 Å². The molecule has 0 fully saturated rings. The van der Waals surface area contributed by atoms with Crippen LogP contribution >= 0.6 is 15.9 Å². The zero-order valence-corrected chi connectivity index (χ0v) is 13.5. The monoisotopic (exact) mass is 359 g/mol. The highest BCUT2D eigenvalue weighted by Gasteiger charge is 2.21. The fraction of sp³-hybridized carbons (Fsp3) is 0.167. The Hall–Kier alpha value is -1.94. The molecule has 0 bridgehead atoms. The molecule has 2 nitrogen and oxygen atoms in total. The Morgan fingerprint density at radius 1 is 1.14 bits per heavy atom. The molecule has 0 atom stereocenters. The van der Waals surface area contributed by atoms with Crippen molar-refractivity contribution in [1.82, 2.24) is 4.90 Å². The molecule has 1 aliphatic rings. The van der Waals surface area contributed by atoms with Crippen LogP contribution in [-0.4, -0.2) is 23.9 Å². The van der Waals surface area contributed by atoms with Crippen LogP contribution in [0.15, 0.2) is 59.1 Å². The van der Waals surface area contributed by atoms with E-state index in [1.54, 1.807) is 11.0 Å². The third kappa shape index (κ3) is 3.12. The second-order valence-corrected chi connectivity index (χ2v) is 6.08. The van der Waals surface area contributed by atoms with Crippen molar-refractivity contribution in [3.05, 3.63) is 76.0 Å². The van der Waals surface area contributed by atoms with Crippen LogP contribution in [0.4, 0.5) is 4.39 Å². The number of hydrogen-bond donors (Lipinski definition) is 0. The fourth-order valence-electron chi connectivity index (χ4n) is 2.60. The lowest BCUT2D eigenvalue weighted by molar-refractivity contribution is 0.0771. The molecule has 0 N–H and O–H groups in total. The number of halogens is 2. The van der Waals surface area contributed by atoms with E-state index in [0.717, 1.165) is 6.42 Å². The summed E-state index contributed by atoms with van der Waals surface area (Å²) in [7, 11) is 0. The van der Waals surface area contributed by atoms with Gasteiger partial charge in [0.05, 0.1) is 5.56 Å². The first-order chi connectivity index (χ1) is 10.6. The summed E-state index contributed by atoms with van der Waals surface area (Å²) in [5, 5.41) is 0. The molecule has 0 saturated heterocycles. The van der Waals surface area contributed by atoms with Crippen molar-refractivity contribution in [3.63, 3.8) is 0 Å². The van der Waals surface area contributed by atoms with Gasteiger partial charge in [-0.3, -0.25) is 4.79 Å². The lowest BCUT2D eigenvalue weighted by Gasteiger charge is -2.27. The second-order valence-electron chi connectivity index (χ2n) is 5.22. The molecule has 1 heterocycles. The summed E-state index contributed by atoms with van der Waals surface area (Å²) in [5.41, 5.74) is 2.82. The third-order valence-electron chi connectivity index (χ3n) is 3.80. The second kappa shape index (κ2) is 6.44. The van der Waals surface area contributed by atoms with Crippen LogP contribution in [0.2, 0.25) is 0 Å². The molecule has 0 spiro atoms. The van der Waals surface area contributed by atoms with E-state index >= 15 is 0 Å². The van der Waals surface area contributed by atoms with Gasteiger partial charge in [0, 0.05) is 17.6 Å². The van der Waals surface area contributed by atoms with Crippen molar-refractivity contribution in [2.75, 3.05) is 13.1 Å². The molecule has 3 rings (SSSR count). The Bertz CT molecular complexity index is 727. The highest BCUT2D eigenvalue weighted by Crippen LogP contribution is 2.25. The molecule has 0 radical (unpaired) electrons. The molecular formula is C18H15BrFNO. The average molecular weight is 360 g/mol. The molecule has 0 aliphatic carbocycles. The fourth-order valence-corrected chi connectivity index (χ4v) is 3.02. The van der Waals surface area contributed by atoms with E-state index in [2.05, 4.69) is 34.1 Å². The van der Waals surface area contributed by atoms with Crippen molar-refractivity contribution in [1.29, 1.82) is 0 Å². The summed E-state index contributed by atoms with van der Waals surface area (Å²) in [6.07, 6.45) is 2.88. The Morgan fingerprint density at radius 2 is 1.91 bits per heavy atom. The SMILES string of the molecule is O=C(c1cc(F)ccc1Br)N1CC=C(c2ccccc2)CC1. The molecule has 2 aromatic carbocycles. The summed E-state index contributed by atoms with van der Waals surface area (Å²) in [4.78, 5) is 14.3. The summed E-state index contributed by atoms with van der Waals surface area (Å²) >= 11 is 3.32. The third-order valence-corrected chi connectivity index (χ3v) is 4.49. The molecule has 22 heavy (non-hydrogen) atoms. The Labute approximate surface area is 137 Å². The molecule has 2 aromatic rings. The first-order valence-corrected chi connectivity index (χ1v) is 7.93. The van der Waals surface area contributed by atoms with Gasteiger partial charge in [-0.15, -0.1) is 0 Å². The van der Waals surface area contributed by atoms with E-state index in [0.29, 0.717) is 23.1 Å². The summed E-state index contributed by atoms with van der Waals surface area (Å²) in [6, 6.07) is 14.4. The van der Waals surface area contributed by atoms with E-state index < -0.39 is 5.82 Å². The van der Waals surface area contributed by atoms with E-state index in [4.69, 9.17) is 0 Å². The minimum atomic E-state index is -0.399. The van der Waals surface area contributed by atoms with Gasteiger partial charge < -0.3 is 4.90 Å². The smallest absolute Gasteiger partial charge is 0.255 e. The first kappa shape index (κ1) is 15.0. The van der Waals surface area contributed by atoms with Gasteiger partial charge in [-0.1, -0.05) is 36.4 Å². The number of benzene rings is 2. The predicted molar refractivity (Wildman–Crippen MR) is 89.0 cm³/mol. The maximum absolute atomic E-state index is 13.4. The zero-order valence-electron chi connectivity index (χ0n) is 11.9. The van der Waals surface area contributed by atoms with Crippen molar-refractivity contribution >= 4 is 27.4 Å². The Morgan fingerprint density at radius 3 is 2.59 bits per heavy atom. The molecule has 1 amide bonds. The molecule has 0 aromatic heterocycles. The zero-order chi connectivity index (χ0) is 15.5. The minimum absolute atomic E-state index is 0.144. The summed E-state index contributed by atoms with van der Waals surface area (Å²) in [5.74, 6) is -0.543. The Balaban J connectivity index is 1.77. The standard InChI is InChI=1S/C18H15BrFNO/c19-17-7-6-15(20)12-16(17)18(22)21-10-8-14(9-11-21)13-4-2-1-3-5-13/h1-8,12H,9-11H2. The van der Waals surface area contributed by atoms with Gasteiger partial charge in [0.15, 0.2) is 0 Å². The summed E-state index contributed by atoms with van der Waals surface area (Å²) in [6.45, 7) is 1.19. The molecule has 1 aliphatic heterocycles. The van der Waals surface area contributed by atoms with E-state index in [-0.39, 0.29) is 5.91 Å². The van der Waals surface area contributed by atoms with Crippen LogP contribution < -0.4 is 0 Å². The first-order valence-electron chi connectivity index (χ1n) is 7.14. The molecule has 0 saturated carbocycles. The molecule has 112 valence electrons. The highest BCUT2D eigenvalue weighted by molar-refractivity contribution is 9.10. The van der Waals surface area contributed by atoms with Gasteiger partial charge in [-0.25, -0.2) is 4.39 Å². The minimum Gasteiger partial charge on any atom is -0.335 e. The molecule has 0 unspecified atom stereocenters. The van der Waals surface area contributed by atoms with Crippen LogP contribution in [0.5, 0.6) is 0 Å². The maximum atomic E-state index is 13.4. The quantitative estimate of drug-likeness (QED) is 0.771. The largest absolute Gasteiger partial charge is 0.335 e. The van der Waals surface area contributed by atoms with Gasteiger partial charge in [0.1, 0.15) is 5.82 Å². The van der Waals surface area contributed by atoms with Crippen molar-refractivity contribution in [2.24, 2.45) is 0 Å². The topological polar surface area (TPSA) is 20.3 Å². The lowest BCUT2D eigenvalue weighted by Crippen LogP contribution is -2.34. The van der Waals surface area contributed by atoms with Crippen LogP contribution in [0.25, 0.3) is 5.57 Å². The van der Waals surface area contributed by atoms with E-state index in [1.165, 1.54) is 23.3 Å². The maximum Gasteiger partial charge on any atom is 0.255 e. The van der Waals surface area contributed by atoms with Gasteiger partial charge >= 0.3 is 0 Å². The number of carbonyl (C=O) groups excluding carboxylic acids is 1. The lowest BCUT2D eigenvalue weighted by atomic mass is 9.99. The highest BCUT2D eigenvalue weighted by atomic mass is 79.9. The Kier molecular flexibility index (Phi) is 4.39. The predicted octanol–water partition coefficient (Wildman–Crippen LogP) is 4.52. The normalized spacial score (nSPS) is 14.6. The molecular weight excluding hydrogens is 345 g/mol. The average Bonchev–Trinajstić information content (AvgIpc) is 2.57. The van der Waals surface area contributed by atoms with E-state index in [1.807, 2.05) is 18.2 Å². The van der Waals surface area contributed by atoms with Crippen molar-refractivity contribution in [2.45, 2.75) is 6.42 Å². The number of amides is 1. The van der Waals surface area contributed by atoms with Gasteiger partial charge in [0.2, 0.25) is 0 Å². The van der Waals surface area contributed by atoms with Gasteiger partial charge in [-0.05, 0) is 51.7 Å². The van der Waals surface area contributed by atoms with Crippen molar-refractivity contribution in [3.8, 4) is 0 Å². The van der Waals surface area contributed by atoms with Crippen LogP contribution in [0.1, 0.15) is 22.3 Å². The molecule has 4 heteroatoms.